The van der Waals surface area contributed by atoms with E-state index in [1.165, 1.54) is 57.8 Å². The summed E-state index contributed by atoms with van der Waals surface area (Å²) in [5.41, 5.74) is 0. The second-order valence-corrected chi connectivity index (χ2v) is 6.75. The lowest BCUT2D eigenvalue weighted by molar-refractivity contribution is 0.0346. The molecule has 7 nitrogen and oxygen atoms in total. The zero-order valence-corrected chi connectivity index (χ0v) is 16.0. The van der Waals surface area contributed by atoms with Crippen molar-refractivity contribution in [2.24, 2.45) is 0 Å². The van der Waals surface area contributed by atoms with E-state index in [1.807, 2.05) is 0 Å². The van der Waals surface area contributed by atoms with Gasteiger partial charge in [0, 0.05) is 6.61 Å². The fraction of sp³-hybridized carbons (Fsp3) is 1.00. The van der Waals surface area contributed by atoms with Crippen LogP contribution >= 0.6 is 0 Å². The summed E-state index contributed by atoms with van der Waals surface area (Å²) in [5.74, 6) is 0. The van der Waals surface area contributed by atoms with Crippen LogP contribution in [-0.2, 0) is 24.1 Å². The molecule has 0 unspecified atom stereocenters. The van der Waals surface area contributed by atoms with Crippen LogP contribution in [0.2, 0.25) is 0 Å². The van der Waals surface area contributed by atoms with Gasteiger partial charge in [0.2, 0.25) is 0 Å². The molecule has 0 amide bonds. The highest BCUT2D eigenvalue weighted by Gasteiger charge is 2.02. The SMILES string of the molecule is CCCCCCCCCCCCOCCOCCOS(=O)(=O)O.N. The Bertz CT molecular complexity index is 337. The lowest BCUT2D eigenvalue weighted by atomic mass is 10.1. The minimum atomic E-state index is -4.36. The molecule has 4 N–H and O–H groups in total. The van der Waals surface area contributed by atoms with Gasteiger partial charge in [-0.1, -0.05) is 64.7 Å². The van der Waals surface area contributed by atoms with Crippen molar-refractivity contribution >= 4 is 10.4 Å². The quantitative estimate of drug-likeness (QED) is 0.277. The van der Waals surface area contributed by atoms with Crippen LogP contribution in [0, 0.1) is 0 Å². The molecule has 0 rings (SSSR count). The first-order chi connectivity index (χ1) is 11.1. The first-order valence-electron chi connectivity index (χ1n) is 8.83. The Morgan fingerprint density at radius 1 is 0.667 bits per heavy atom. The largest absolute Gasteiger partial charge is 0.397 e. The van der Waals surface area contributed by atoms with Gasteiger partial charge in [-0.15, -0.1) is 0 Å². The number of hydrogen-bond acceptors (Lipinski definition) is 6. The second-order valence-electron chi connectivity index (χ2n) is 5.66. The van der Waals surface area contributed by atoms with E-state index < -0.39 is 10.4 Å². The molecule has 0 aromatic carbocycles. The molecule has 0 heterocycles. The van der Waals surface area contributed by atoms with Crippen LogP contribution in [0.4, 0.5) is 0 Å². The van der Waals surface area contributed by atoms with E-state index in [2.05, 4.69) is 11.1 Å². The van der Waals surface area contributed by atoms with E-state index >= 15 is 0 Å². The number of rotatable bonds is 18. The molecule has 0 saturated carbocycles. The van der Waals surface area contributed by atoms with Crippen molar-refractivity contribution in [3.05, 3.63) is 0 Å². The Morgan fingerprint density at radius 3 is 1.58 bits per heavy atom. The van der Waals surface area contributed by atoms with Gasteiger partial charge >= 0.3 is 10.4 Å². The van der Waals surface area contributed by atoms with Crippen molar-refractivity contribution in [1.82, 2.24) is 6.15 Å². The molecule has 0 aromatic rings. The van der Waals surface area contributed by atoms with Crippen LogP contribution in [0.1, 0.15) is 71.1 Å². The molecule has 0 atom stereocenters. The molecule has 0 aliphatic rings. The smallest absolute Gasteiger partial charge is 0.379 e. The van der Waals surface area contributed by atoms with Crippen molar-refractivity contribution in [2.75, 3.05) is 33.0 Å². The third kappa shape index (κ3) is 24.0. The van der Waals surface area contributed by atoms with Gasteiger partial charge in [-0.25, -0.2) is 4.18 Å². The Kier molecular flexibility index (Phi) is 20.7. The van der Waals surface area contributed by atoms with Crippen LogP contribution < -0.4 is 6.15 Å². The van der Waals surface area contributed by atoms with E-state index in [0.717, 1.165) is 13.0 Å². The Morgan fingerprint density at radius 2 is 1.08 bits per heavy atom. The number of ether oxygens (including phenoxy) is 2. The first-order valence-corrected chi connectivity index (χ1v) is 10.2. The zero-order chi connectivity index (χ0) is 17.2. The van der Waals surface area contributed by atoms with Gasteiger partial charge in [0.25, 0.3) is 0 Å². The van der Waals surface area contributed by atoms with Gasteiger partial charge in [0.1, 0.15) is 0 Å². The van der Waals surface area contributed by atoms with Crippen molar-refractivity contribution in [3.63, 3.8) is 0 Å². The highest BCUT2D eigenvalue weighted by Crippen LogP contribution is 2.10. The van der Waals surface area contributed by atoms with Gasteiger partial charge in [-0.3, -0.25) is 4.55 Å². The van der Waals surface area contributed by atoms with E-state index in [4.69, 9.17) is 14.0 Å². The summed E-state index contributed by atoms with van der Waals surface area (Å²) in [5, 5.41) is 0. The lowest BCUT2D eigenvalue weighted by Gasteiger charge is -2.06. The summed E-state index contributed by atoms with van der Waals surface area (Å²) >= 11 is 0. The lowest BCUT2D eigenvalue weighted by Crippen LogP contribution is -2.12. The van der Waals surface area contributed by atoms with E-state index in [-0.39, 0.29) is 19.4 Å². The maximum atomic E-state index is 10.2. The molecule has 0 bridgehead atoms. The highest BCUT2D eigenvalue weighted by molar-refractivity contribution is 7.80. The molecule has 0 spiro atoms. The van der Waals surface area contributed by atoms with Crippen molar-refractivity contribution in [1.29, 1.82) is 0 Å². The Hall–Kier alpha value is -0.250. The van der Waals surface area contributed by atoms with E-state index in [0.29, 0.717) is 13.2 Å². The molecule has 0 aromatic heterocycles. The number of unbranched alkanes of at least 4 members (excludes halogenated alkanes) is 9. The van der Waals surface area contributed by atoms with Gasteiger partial charge in [0.15, 0.2) is 0 Å². The minimum absolute atomic E-state index is 0. The monoisotopic (exact) mass is 371 g/mol. The molecule has 0 aliphatic heterocycles. The summed E-state index contributed by atoms with van der Waals surface area (Å²) in [6, 6.07) is 0. The maximum Gasteiger partial charge on any atom is 0.397 e. The Labute approximate surface area is 148 Å². The van der Waals surface area contributed by atoms with E-state index in [1.54, 1.807) is 0 Å². The molecule has 0 radical (unpaired) electrons. The second kappa shape index (κ2) is 19.1. The summed E-state index contributed by atoms with van der Waals surface area (Å²) in [6.07, 6.45) is 13.0. The van der Waals surface area contributed by atoms with Crippen molar-refractivity contribution < 1.29 is 26.6 Å². The topological polar surface area (TPSA) is 117 Å². The van der Waals surface area contributed by atoms with Crippen LogP contribution in [0.3, 0.4) is 0 Å². The summed E-state index contributed by atoms with van der Waals surface area (Å²) < 4.78 is 43.4. The standard InChI is InChI=1S/C16H34O6S.H3N/c1-2-3-4-5-6-7-8-9-10-11-12-20-13-14-21-15-16-22-23(17,18)19;/h2-16H2,1H3,(H,17,18,19);1H3. The maximum absolute atomic E-state index is 10.2. The molecular weight excluding hydrogens is 334 g/mol. The van der Waals surface area contributed by atoms with Crippen LogP contribution in [0.25, 0.3) is 0 Å². The van der Waals surface area contributed by atoms with Crippen LogP contribution in [0.5, 0.6) is 0 Å². The first kappa shape index (κ1) is 26.0. The summed E-state index contributed by atoms with van der Waals surface area (Å²) in [6.45, 7) is 3.79. The van der Waals surface area contributed by atoms with Crippen LogP contribution in [-0.4, -0.2) is 46.0 Å². The Balaban J connectivity index is 0. The summed E-state index contributed by atoms with van der Waals surface area (Å²) in [4.78, 5) is 0. The predicted octanol–water partition coefficient (Wildman–Crippen LogP) is 3.92. The molecule has 8 heteroatoms. The molecule has 148 valence electrons. The van der Waals surface area contributed by atoms with Crippen molar-refractivity contribution in [2.45, 2.75) is 71.1 Å². The zero-order valence-electron chi connectivity index (χ0n) is 15.2. The molecule has 0 aliphatic carbocycles. The third-order valence-corrected chi connectivity index (χ3v) is 3.94. The van der Waals surface area contributed by atoms with Gasteiger partial charge in [-0.2, -0.15) is 8.42 Å². The van der Waals surface area contributed by atoms with Crippen LogP contribution in [0.15, 0.2) is 0 Å². The summed E-state index contributed by atoms with van der Waals surface area (Å²) in [7, 11) is -4.36. The fourth-order valence-electron chi connectivity index (χ4n) is 2.21. The predicted molar refractivity (Wildman–Crippen MR) is 96.0 cm³/mol. The third-order valence-electron chi connectivity index (χ3n) is 3.47. The normalized spacial score (nSPS) is 11.4. The molecule has 0 saturated heterocycles. The van der Waals surface area contributed by atoms with Gasteiger partial charge < -0.3 is 15.6 Å². The van der Waals surface area contributed by atoms with Gasteiger partial charge in [-0.05, 0) is 6.42 Å². The number of hydrogen-bond donors (Lipinski definition) is 2. The van der Waals surface area contributed by atoms with Gasteiger partial charge in [0.05, 0.1) is 26.4 Å². The fourth-order valence-corrected chi connectivity index (χ4v) is 2.49. The average Bonchev–Trinajstić information content (AvgIpc) is 2.49. The van der Waals surface area contributed by atoms with Crippen molar-refractivity contribution in [3.8, 4) is 0 Å². The average molecular weight is 372 g/mol. The molecule has 0 fully saturated rings. The molecule has 24 heavy (non-hydrogen) atoms. The van der Waals surface area contributed by atoms with E-state index in [9.17, 15) is 8.42 Å². The minimum Gasteiger partial charge on any atom is -0.379 e. The molecular formula is C16H37NO6S. The highest BCUT2D eigenvalue weighted by atomic mass is 32.3.